The van der Waals surface area contributed by atoms with Gasteiger partial charge in [0, 0.05) is 6.42 Å². The summed E-state index contributed by atoms with van der Waals surface area (Å²) in [5, 5.41) is 9.78. The first-order chi connectivity index (χ1) is 10.8. The molecule has 4 aliphatic rings. The zero-order valence-electron chi connectivity index (χ0n) is 14.6. The molecule has 2 heteroatoms. The number of hydrogen-bond donors (Lipinski definition) is 0. The Morgan fingerprint density at radius 3 is 2.61 bits per heavy atom. The fourth-order valence-electron chi connectivity index (χ4n) is 6.45. The predicted octanol–water partition coefficient (Wildman–Crippen LogP) is 4.82. The van der Waals surface area contributed by atoms with Gasteiger partial charge >= 0.3 is 0 Å². The quantitative estimate of drug-likeness (QED) is 0.643. The van der Waals surface area contributed by atoms with Crippen LogP contribution in [0.3, 0.4) is 0 Å². The molecule has 0 aromatic carbocycles. The Bertz CT molecular complexity index is 668. The number of ketones is 1. The Hall–Kier alpha value is -1.36. The average Bonchev–Trinajstić information content (AvgIpc) is 2.80. The molecule has 122 valence electrons. The maximum Gasteiger partial charge on any atom is 0.156 e. The van der Waals surface area contributed by atoms with E-state index in [-0.39, 0.29) is 16.2 Å². The van der Waals surface area contributed by atoms with Gasteiger partial charge in [0.2, 0.25) is 0 Å². The van der Waals surface area contributed by atoms with Gasteiger partial charge in [-0.25, -0.2) is 0 Å². The number of nitrogens with zero attached hydrogens (tertiary/aromatic N) is 1. The topological polar surface area (TPSA) is 40.9 Å². The van der Waals surface area contributed by atoms with E-state index in [1.54, 1.807) is 0 Å². The second kappa shape index (κ2) is 4.59. The number of allylic oxidation sites excluding steroid dienone is 4. The van der Waals surface area contributed by atoms with Crippen molar-refractivity contribution < 1.29 is 4.79 Å². The van der Waals surface area contributed by atoms with Gasteiger partial charge in [-0.15, -0.1) is 0 Å². The number of fused-ring (bicyclic) bond motifs is 5. The Morgan fingerprint density at radius 1 is 1.13 bits per heavy atom. The van der Waals surface area contributed by atoms with E-state index in [1.165, 1.54) is 18.4 Å². The van der Waals surface area contributed by atoms with Gasteiger partial charge in [-0.3, -0.25) is 4.79 Å². The van der Waals surface area contributed by atoms with Gasteiger partial charge in [-0.05, 0) is 79.3 Å². The summed E-state index contributed by atoms with van der Waals surface area (Å²) in [5.41, 5.74) is 1.41. The molecule has 6 atom stereocenters. The fraction of sp³-hybridized carbons (Fsp3) is 0.714. The SMILES string of the molecule is C[C@]12CCC(=O)C=C1C=C[C@@H]1[C@@H]2CC[C@@]2(C)[C@H]1CC[C@]2(C)C#N. The summed E-state index contributed by atoms with van der Waals surface area (Å²) in [6.07, 6.45) is 12.8. The summed E-state index contributed by atoms with van der Waals surface area (Å²) in [6.45, 7) is 6.94. The van der Waals surface area contributed by atoms with Gasteiger partial charge in [0.15, 0.2) is 5.78 Å². The van der Waals surface area contributed by atoms with Crippen LogP contribution in [0.2, 0.25) is 0 Å². The van der Waals surface area contributed by atoms with Crippen LogP contribution in [0.25, 0.3) is 0 Å². The van der Waals surface area contributed by atoms with Gasteiger partial charge in [0.05, 0.1) is 11.5 Å². The molecule has 0 unspecified atom stereocenters. The summed E-state index contributed by atoms with van der Waals surface area (Å²) in [6, 6.07) is 2.67. The maximum absolute atomic E-state index is 11.8. The molecule has 4 aliphatic carbocycles. The van der Waals surface area contributed by atoms with Crippen LogP contribution in [0, 0.1) is 45.3 Å². The van der Waals surface area contributed by atoms with Crippen LogP contribution in [0.1, 0.15) is 59.3 Å². The first kappa shape index (κ1) is 15.2. The van der Waals surface area contributed by atoms with E-state index in [2.05, 4.69) is 39.0 Å². The molecule has 0 radical (unpaired) electrons. The highest BCUT2D eigenvalue weighted by Crippen LogP contribution is 2.68. The molecule has 0 spiro atoms. The van der Waals surface area contributed by atoms with Crippen molar-refractivity contribution in [1.29, 1.82) is 5.26 Å². The lowest BCUT2D eigenvalue weighted by Gasteiger charge is -2.56. The Morgan fingerprint density at radius 2 is 1.87 bits per heavy atom. The molecular formula is C21H27NO. The van der Waals surface area contributed by atoms with Crippen LogP contribution in [-0.2, 0) is 4.79 Å². The highest BCUT2D eigenvalue weighted by molar-refractivity contribution is 5.92. The molecule has 0 saturated heterocycles. The van der Waals surface area contributed by atoms with E-state index < -0.39 is 0 Å². The van der Waals surface area contributed by atoms with Crippen molar-refractivity contribution in [1.82, 2.24) is 0 Å². The second-order valence-electron chi connectivity index (χ2n) is 9.07. The number of hydrogen-bond acceptors (Lipinski definition) is 2. The van der Waals surface area contributed by atoms with Crippen LogP contribution in [0.5, 0.6) is 0 Å². The van der Waals surface area contributed by atoms with Gasteiger partial charge in [0.25, 0.3) is 0 Å². The lowest BCUT2D eigenvalue weighted by atomic mass is 9.47. The molecule has 0 heterocycles. The van der Waals surface area contributed by atoms with Gasteiger partial charge in [0.1, 0.15) is 0 Å². The lowest BCUT2D eigenvalue weighted by Crippen LogP contribution is -2.50. The van der Waals surface area contributed by atoms with Crippen molar-refractivity contribution >= 4 is 5.78 Å². The first-order valence-corrected chi connectivity index (χ1v) is 9.19. The van der Waals surface area contributed by atoms with Crippen LogP contribution in [0.15, 0.2) is 23.8 Å². The number of rotatable bonds is 0. The largest absolute Gasteiger partial charge is 0.295 e. The number of nitriles is 1. The van der Waals surface area contributed by atoms with Crippen molar-refractivity contribution in [3.05, 3.63) is 23.8 Å². The summed E-state index contributed by atoms with van der Waals surface area (Å²) in [5.74, 6) is 2.14. The van der Waals surface area contributed by atoms with Gasteiger partial charge in [-0.2, -0.15) is 5.26 Å². The third kappa shape index (κ3) is 1.77. The molecule has 23 heavy (non-hydrogen) atoms. The highest BCUT2D eigenvalue weighted by atomic mass is 16.1. The third-order valence-electron chi connectivity index (χ3n) is 8.37. The first-order valence-electron chi connectivity index (χ1n) is 9.19. The van der Waals surface area contributed by atoms with Crippen molar-refractivity contribution in [2.75, 3.05) is 0 Å². The molecule has 0 aromatic rings. The zero-order chi connectivity index (χ0) is 16.5. The minimum atomic E-state index is -0.171. The minimum absolute atomic E-state index is 0.148. The molecular weight excluding hydrogens is 282 g/mol. The van der Waals surface area contributed by atoms with Gasteiger partial charge < -0.3 is 0 Å². The minimum Gasteiger partial charge on any atom is -0.295 e. The van der Waals surface area contributed by atoms with Crippen LogP contribution in [0.4, 0.5) is 0 Å². The summed E-state index contributed by atoms with van der Waals surface area (Å²) >= 11 is 0. The number of carbonyl (C=O) groups excluding carboxylic acids is 1. The third-order valence-corrected chi connectivity index (χ3v) is 8.37. The molecule has 0 amide bonds. The number of carbonyl (C=O) groups is 1. The van der Waals surface area contributed by atoms with Crippen molar-refractivity contribution in [2.45, 2.75) is 59.3 Å². The molecule has 0 aliphatic heterocycles. The van der Waals surface area contributed by atoms with E-state index in [9.17, 15) is 10.1 Å². The predicted molar refractivity (Wildman–Crippen MR) is 90.3 cm³/mol. The summed E-state index contributed by atoms with van der Waals surface area (Å²) in [4.78, 5) is 11.8. The van der Waals surface area contributed by atoms with E-state index in [0.29, 0.717) is 30.0 Å². The van der Waals surface area contributed by atoms with Crippen LogP contribution in [-0.4, -0.2) is 5.78 Å². The molecule has 2 saturated carbocycles. The molecule has 0 N–H and O–H groups in total. The molecule has 2 fully saturated rings. The Balaban J connectivity index is 1.76. The molecule has 0 aromatic heterocycles. The zero-order valence-corrected chi connectivity index (χ0v) is 14.6. The smallest absolute Gasteiger partial charge is 0.156 e. The lowest BCUT2D eigenvalue weighted by molar-refractivity contribution is -0.116. The van der Waals surface area contributed by atoms with E-state index >= 15 is 0 Å². The highest BCUT2D eigenvalue weighted by Gasteiger charge is 2.62. The Kier molecular flexibility index (Phi) is 3.03. The fourth-order valence-corrected chi connectivity index (χ4v) is 6.45. The normalized spacial score (nSPS) is 51.3. The average molecular weight is 309 g/mol. The van der Waals surface area contributed by atoms with Crippen molar-refractivity contribution in [3.8, 4) is 6.07 Å². The molecule has 2 nitrogen and oxygen atoms in total. The standard InChI is InChI=1S/C21H27NO/c1-19(13-22)9-7-18-16-5-4-14-12-15(23)6-10-20(14,2)17(16)8-11-21(18,19)3/h4-5,12,16-18H,6-11H2,1-3H3/t16-,17+,18+,19-,20+,21+/m1/s1. The van der Waals surface area contributed by atoms with Crippen molar-refractivity contribution in [3.63, 3.8) is 0 Å². The van der Waals surface area contributed by atoms with E-state index in [4.69, 9.17) is 0 Å². The van der Waals surface area contributed by atoms with Gasteiger partial charge in [-0.1, -0.05) is 26.0 Å². The maximum atomic E-state index is 11.8. The van der Waals surface area contributed by atoms with Crippen molar-refractivity contribution in [2.24, 2.45) is 34.0 Å². The van der Waals surface area contributed by atoms with Crippen LogP contribution < -0.4 is 0 Å². The summed E-state index contributed by atoms with van der Waals surface area (Å²) in [7, 11) is 0. The molecule has 4 rings (SSSR count). The monoisotopic (exact) mass is 309 g/mol. The second-order valence-corrected chi connectivity index (χ2v) is 9.07. The van der Waals surface area contributed by atoms with E-state index in [0.717, 1.165) is 19.3 Å². The summed E-state index contributed by atoms with van der Waals surface area (Å²) < 4.78 is 0. The van der Waals surface area contributed by atoms with E-state index in [1.807, 2.05) is 6.08 Å². The Labute approximate surface area is 139 Å². The molecule has 0 bridgehead atoms. The van der Waals surface area contributed by atoms with Crippen LogP contribution >= 0.6 is 0 Å².